The van der Waals surface area contributed by atoms with E-state index < -0.39 is 5.97 Å². The molecule has 0 saturated carbocycles. The standard InChI is InChI=1S/C11H19NO6/c1-16-9(13)4-6-12(8-11(15)18-3)7-5-10(14)17-2/h4-8H2,1-3H3. The summed E-state index contributed by atoms with van der Waals surface area (Å²) >= 11 is 0. The molecule has 0 aliphatic heterocycles. The molecular formula is C11H19NO6. The lowest BCUT2D eigenvalue weighted by Crippen LogP contribution is -2.34. The van der Waals surface area contributed by atoms with Crippen LogP contribution in [0.3, 0.4) is 0 Å². The van der Waals surface area contributed by atoms with Gasteiger partial charge in [0.05, 0.1) is 40.7 Å². The van der Waals surface area contributed by atoms with Crippen LogP contribution in [0, 0.1) is 0 Å². The molecule has 0 aromatic rings. The van der Waals surface area contributed by atoms with Gasteiger partial charge < -0.3 is 14.2 Å². The molecule has 7 heteroatoms. The molecule has 0 atom stereocenters. The Hall–Kier alpha value is -1.63. The summed E-state index contributed by atoms with van der Waals surface area (Å²) in [6.07, 6.45) is 0.295. The van der Waals surface area contributed by atoms with Crippen LogP contribution in [0.1, 0.15) is 12.8 Å². The summed E-state index contributed by atoms with van der Waals surface area (Å²) in [5, 5.41) is 0. The van der Waals surface area contributed by atoms with Crippen LogP contribution in [0.25, 0.3) is 0 Å². The molecular weight excluding hydrogens is 242 g/mol. The summed E-state index contributed by atoms with van der Waals surface area (Å²) in [5.41, 5.74) is 0. The molecule has 0 heterocycles. The topological polar surface area (TPSA) is 82.1 Å². The van der Waals surface area contributed by atoms with Crippen LogP contribution in [-0.4, -0.2) is 63.8 Å². The molecule has 0 radical (unpaired) electrons. The van der Waals surface area contributed by atoms with Gasteiger partial charge in [-0.1, -0.05) is 0 Å². The third-order valence-corrected chi connectivity index (χ3v) is 2.30. The lowest BCUT2D eigenvalue weighted by atomic mass is 10.3. The van der Waals surface area contributed by atoms with Gasteiger partial charge in [-0.3, -0.25) is 19.3 Å². The molecule has 0 saturated heterocycles. The minimum absolute atomic E-state index is 0.0183. The number of carbonyl (C=O) groups excluding carboxylic acids is 3. The predicted molar refractivity (Wildman–Crippen MR) is 61.7 cm³/mol. The van der Waals surface area contributed by atoms with E-state index in [1.807, 2.05) is 0 Å². The molecule has 0 aromatic carbocycles. The number of nitrogens with zero attached hydrogens (tertiary/aromatic N) is 1. The van der Waals surface area contributed by atoms with Crippen molar-refractivity contribution in [2.24, 2.45) is 0 Å². The molecule has 0 aromatic heterocycles. The highest BCUT2D eigenvalue weighted by atomic mass is 16.5. The van der Waals surface area contributed by atoms with Gasteiger partial charge in [-0.2, -0.15) is 0 Å². The Morgan fingerprint density at radius 1 is 0.778 bits per heavy atom. The summed E-state index contributed by atoms with van der Waals surface area (Å²) in [6.45, 7) is 0.655. The Labute approximate surface area is 106 Å². The molecule has 0 aliphatic rings. The number of methoxy groups -OCH3 is 3. The van der Waals surface area contributed by atoms with Crippen molar-refractivity contribution in [3.05, 3.63) is 0 Å². The maximum absolute atomic E-state index is 11.2. The molecule has 0 aliphatic carbocycles. The van der Waals surface area contributed by atoms with Gasteiger partial charge in [-0.15, -0.1) is 0 Å². The van der Waals surface area contributed by atoms with Gasteiger partial charge in [0.25, 0.3) is 0 Å². The van der Waals surface area contributed by atoms with E-state index in [0.29, 0.717) is 13.1 Å². The van der Waals surface area contributed by atoms with Crippen LogP contribution in [0.4, 0.5) is 0 Å². The number of rotatable bonds is 8. The second kappa shape index (κ2) is 9.41. The summed E-state index contributed by atoms with van der Waals surface area (Å²) in [7, 11) is 3.87. The van der Waals surface area contributed by atoms with Crippen molar-refractivity contribution in [1.82, 2.24) is 4.90 Å². The minimum Gasteiger partial charge on any atom is -0.469 e. The van der Waals surface area contributed by atoms with Crippen molar-refractivity contribution in [3.8, 4) is 0 Å². The Balaban J connectivity index is 4.19. The Morgan fingerprint density at radius 3 is 1.50 bits per heavy atom. The van der Waals surface area contributed by atoms with Crippen LogP contribution in [-0.2, 0) is 28.6 Å². The normalized spacial score (nSPS) is 10.0. The fourth-order valence-corrected chi connectivity index (χ4v) is 1.22. The van der Waals surface area contributed by atoms with E-state index in [1.54, 1.807) is 4.90 Å². The first kappa shape index (κ1) is 16.4. The van der Waals surface area contributed by atoms with E-state index in [2.05, 4.69) is 14.2 Å². The molecule has 0 N–H and O–H groups in total. The van der Waals surface area contributed by atoms with Crippen molar-refractivity contribution in [2.75, 3.05) is 41.0 Å². The molecule has 104 valence electrons. The van der Waals surface area contributed by atoms with E-state index >= 15 is 0 Å². The van der Waals surface area contributed by atoms with Crippen molar-refractivity contribution >= 4 is 17.9 Å². The minimum atomic E-state index is -0.426. The molecule has 0 rings (SSSR count). The fraction of sp³-hybridized carbons (Fsp3) is 0.727. The zero-order valence-electron chi connectivity index (χ0n) is 10.9. The Morgan fingerprint density at radius 2 is 1.17 bits per heavy atom. The van der Waals surface area contributed by atoms with Crippen LogP contribution in [0.2, 0.25) is 0 Å². The number of carbonyl (C=O) groups is 3. The first-order valence-electron chi connectivity index (χ1n) is 5.46. The predicted octanol–water partition coefficient (Wildman–Crippen LogP) is -0.412. The molecule has 18 heavy (non-hydrogen) atoms. The van der Waals surface area contributed by atoms with E-state index in [-0.39, 0.29) is 31.3 Å². The summed E-state index contributed by atoms with van der Waals surface area (Å²) in [6, 6.07) is 0. The average molecular weight is 261 g/mol. The Kier molecular flexibility index (Phi) is 8.55. The second-order valence-electron chi connectivity index (χ2n) is 3.50. The van der Waals surface area contributed by atoms with Gasteiger partial charge in [-0.25, -0.2) is 0 Å². The highest BCUT2D eigenvalue weighted by Gasteiger charge is 2.14. The van der Waals surface area contributed by atoms with Crippen molar-refractivity contribution in [2.45, 2.75) is 12.8 Å². The zero-order valence-corrected chi connectivity index (χ0v) is 10.9. The molecule has 0 amide bonds. The van der Waals surface area contributed by atoms with Gasteiger partial charge in [0.15, 0.2) is 0 Å². The number of esters is 3. The van der Waals surface area contributed by atoms with Crippen LogP contribution < -0.4 is 0 Å². The first-order chi connectivity index (χ1) is 8.53. The largest absolute Gasteiger partial charge is 0.469 e. The lowest BCUT2D eigenvalue weighted by Gasteiger charge is -2.19. The van der Waals surface area contributed by atoms with E-state index in [0.717, 1.165) is 0 Å². The van der Waals surface area contributed by atoms with Crippen molar-refractivity contribution in [3.63, 3.8) is 0 Å². The quantitative estimate of drug-likeness (QED) is 0.434. The third-order valence-electron chi connectivity index (χ3n) is 2.30. The number of ether oxygens (including phenoxy) is 3. The van der Waals surface area contributed by atoms with E-state index in [9.17, 15) is 14.4 Å². The van der Waals surface area contributed by atoms with E-state index in [4.69, 9.17) is 0 Å². The maximum Gasteiger partial charge on any atom is 0.319 e. The molecule has 0 unspecified atom stereocenters. The van der Waals surface area contributed by atoms with Crippen molar-refractivity contribution < 1.29 is 28.6 Å². The molecule has 0 fully saturated rings. The smallest absolute Gasteiger partial charge is 0.319 e. The second-order valence-corrected chi connectivity index (χ2v) is 3.50. The maximum atomic E-state index is 11.2. The van der Waals surface area contributed by atoms with E-state index in [1.165, 1.54) is 21.3 Å². The van der Waals surface area contributed by atoms with Gasteiger partial charge in [-0.05, 0) is 0 Å². The van der Waals surface area contributed by atoms with Crippen LogP contribution >= 0.6 is 0 Å². The van der Waals surface area contributed by atoms with Crippen molar-refractivity contribution in [1.29, 1.82) is 0 Å². The third kappa shape index (κ3) is 7.61. The summed E-state index contributed by atoms with van der Waals surface area (Å²) in [5.74, 6) is -1.17. The SMILES string of the molecule is COC(=O)CCN(CCC(=O)OC)CC(=O)OC. The highest BCUT2D eigenvalue weighted by molar-refractivity contribution is 5.72. The molecule has 7 nitrogen and oxygen atoms in total. The zero-order chi connectivity index (χ0) is 14.0. The highest BCUT2D eigenvalue weighted by Crippen LogP contribution is 1.98. The van der Waals surface area contributed by atoms with Gasteiger partial charge >= 0.3 is 17.9 Å². The van der Waals surface area contributed by atoms with Gasteiger partial charge in [0, 0.05) is 13.1 Å². The fourth-order valence-electron chi connectivity index (χ4n) is 1.22. The van der Waals surface area contributed by atoms with Gasteiger partial charge in [0.2, 0.25) is 0 Å². The molecule has 0 spiro atoms. The lowest BCUT2D eigenvalue weighted by molar-refractivity contribution is -0.145. The monoisotopic (exact) mass is 261 g/mol. The number of hydrogen-bond acceptors (Lipinski definition) is 7. The first-order valence-corrected chi connectivity index (χ1v) is 5.46. The number of hydrogen-bond donors (Lipinski definition) is 0. The van der Waals surface area contributed by atoms with Gasteiger partial charge in [0.1, 0.15) is 0 Å². The molecule has 0 bridgehead atoms. The van der Waals surface area contributed by atoms with Crippen LogP contribution in [0.15, 0.2) is 0 Å². The Bertz CT molecular complexity index is 271. The average Bonchev–Trinajstić information content (AvgIpc) is 2.40. The summed E-state index contributed by atoms with van der Waals surface area (Å²) < 4.78 is 13.5. The summed E-state index contributed by atoms with van der Waals surface area (Å²) in [4.78, 5) is 34.8. The van der Waals surface area contributed by atoms with Crippen LogP contribution in [0.5, 0.6) is 0 Å².